The van der Waals surface area contributed by atoms with E-state index in [9.17, 15) is 8.42 Å². The highest BCUT2D eigenvalue weighted by Crippen LogP contribution is 2.30. The molecule has 31 heavy (non-hydrogen) atoms. The van der Waals surface area contributed by atoms with Gasteiger partial charge < -0.3 is 11.1 Å². The fourth-order valence-corrected chi connectivity index (χ4v) is 4.77. The molecule has 0 saturated heterocycles. The van der Waals surface area contributed by atoms with Crippen molar-refractivity contribution < 1.29 is 8.42 Å². The molecule has 1 fully saturated rings. The molecule has 0 atom stereocenters. The molecule has 1 saturated carbocycles. The van der Waals surface area contributed by atoms with Crippen molar-refractivity contribution in [1.82, 2.24) is 33.9 Å². The summed E-state index contributed by atoms with van der Waals surface area (Å²) in [7, 11) is -3.44. The Hall–Kier alpha value is -3.54. The minimum absolute atomic E-state index is 0.143. The quantitative estimate of drug-likeness (QED) is 0.462. The number of aromatic nitrogens is 7. The number of pyridine rings is 1. The first kappa shape index (κ1) is 19.4. The van der Waals surface area contributed by atoms with Crippen molar-refractivity contribution in [3.8, 4) is 11.4 Å². The Morgan fingerprint density at radius 2 is 2.00 bits per heavy atom. The first-order valence-electron chi connectivity index (χ1n) is 9.86. The van der Waals surface area contributed by atoms with Crippen LogP contribution >= 0.6 is 0 Å². The zero-order valence-electron chi connectivity index (χ0n) is 17.0. The van der Waals surface area contributed by atoms with Crippen molar-refractivity contribution >= 4 is 38.4 Å². The molecular formula is C19H21N9O2S. The van der Waals surface area contributed by atoms with Gasteiger partial charge in [-0.15, -0.1) is 0 Å². The summed E-state index contributed by atoms with van der Waals surface area (Å²) in [4.78, 5) is 13.1. The maximum atomic E-state index is 12.4. The van der Waals surface area contributed by atoms with Gasteiger partial charge >= 0.3 is 0 Å². The molecule has 0 aliphatic heterocycles. The molecule has 4 aromatic rings. The summed E-state index contributed by atoms with van der Waals surface area (Å²) in [5, 5.41) is 12.0. The van der Waals surface area contributed by atoms with Crippen molar-refractivity contribution in [3.05, 3.63) is 36.9 Å². The van der Waals surface area contributed by atoms with E-state index in [0.29, 0.717) is 41.7 Å². The van der Waals surface area contributed by atoms with Crippen LogP contribution in [0.4, 0.5) is 17.5 Å². The van der Waals surface area contributed by atoms with Gasteiger partial charge in [0.15, 0.2) is 11.6 Å². The van der Waals surface area contributed by atoms with E-state index < -0.39 is 10.0 Å². The van der Waals surface area contributed by atoms with Gasteiger partial charge in [0.1, 0.15) is 11.6 Å². The van der Waals surface area contributed by atoms with Gasteiger partial charge in [0.05, 0.1) is 34.1 Å². The Morgan fingerprint density at radius 3 is 2.74 bits per heavy atom. The molecule has 0 bridgehead atoms. The van der Waals surface area contributed by atoms with Gasteiger partial charge in [0.2, 0.25) is 0 Å². The van der Waals surface area contributed by atoms with Crippen LogP contribution in [0, 0.1) is 0 Å². The topological polar surface area (TPSA) is 146 Å². The largest absolute Gasteiger partial charge is 0.382 e. The molecule has 3 N–H and O–H groups in total. The summed E-state index contributed by atoms with van der Waals surface area (Å²) in [5.41, 5.74) is 7.38. The highest BCUT2D eigenvalue weighted by Gasteiger charge is 2.37. The van der Waals surface area contributed by atoms with Crippen LogP contribution in [0.25, 0.3) is 22.3 Å². The lowest BCUT2D eigenvalue weighted by molar-refractivity contribution is 0.553. The van der Waals surface area contributed by atoms with Crippen molar-refractivity contribution in [2.24, 2.45) is 0 Å². The highest BCUT2D eigenvalue weighted by molar-refractivity contribution is 7.90. The fraction of sp³-hybridized carbons (Fsp3) is 0.316. The molecule has 0 aromatic carbocycles. The van der Waals surface area contributed by atoms with Crippen molar-refractivity contribution in [1.29, 1.82) is 0 Å². The lowest BCUT2D eigenvalue weighted by Crippen LogP contribution is -2.17. The number of nitrogens with two attached hydrogens (primary N) is 1. The monoisotopic (exact) mass is 439 g/mol. The van der Waals surface area contributed by atoms with Gasteiger partial charge in [0.25, 0.3) is 10.0 Å². The molecule has 5 rings (SSSR count). The lowest BCUT2D eigenvalue weighted by Gasteiger charge is -2.09. The second-order valence-electron chi connectivity index (χ2n) is 7.75. The Labute approximate surface area is 178 Å². The molecule has 0 radical (unpaired) electrons. The number of fused-ring (bicyclic) bond motifs is 1. The summed E-state index contributed by atoms with van der Waals surface area (Å²) in [6.45, 7) is 4.05. The average molecular weight is 440 g/mol. The van der Waals surface area contributed by atoms with Crippen LogP contribution in [0.5, 0.6) is 0 Å². The molecule has 4 heterocycles. The highest BCUT2D eigenvalue weighted by atomic mass is 32.2. The first-order valence-corrected chi connectivity index (χ1v) is 11.4. The van der Waals surface area contributed by atoms with Crippen LogP contribution in [0.3, 0.4) is 0 Å². The standard InChI is InChI=1S/C19H21N9O2S/c1-11(2)28-15-7-17(22-9-14(15)18(20)26-28)24-16-5-6-21-19(25-16)12-8-23-27(10-12)31(29,30)13-3-4-13/h5-11,13H,3-4H2,1-2H3,(H2,20,26)(H,21,22,24,25). The fourth-order valence-electron chi connectivity index (χ4n) is 3.29. The molecule has 0 unspecified atom stereocenters. The number of rotatable bonds is 6. The molecule has 0 spiro atoms. The van der Waals surface area contributed by atoms with E-state index >= 15 is 0 Å². The number of nitrogens with one attached hydrogen (secondary N) is 1. The van der Waals surface area contributed by atoms with Crippen molar-refractivity contribution in [2.45, 2.75) is 38.0 Å². The van der Waals surface area contributed by atoms with Gasteiger partial charge in [-0.05, 0) is 32.8 Å². The number of hydrogen-bond acceptors (Lipinski definition) is 9. The van der Waals surface area contributed by atoms with Crippen LogP contribution in [0.2, 0.25) is 0 Å². The van der Waals surface area contributed by atoms with Crippen LogP contribution in [0.1, 0.15) is 32.7 Å². The van der Waals surface area contributed by atoms with Gasteiger partial charge in [-0.2, -0.15) is 14.3 Å². The minimum atomic E-state index is -3.44. The molecule has 1 aliphatic carbocycles. The maximum absolute atomic E-state index is 12.4. The second kappa shape index (κ2) is 7.01. The first-order chi connectivity index (χ1) is 14.8. The van der Waals surface area contributed by atoms with E-state index in [1.54, 1.807) is 18.5 Å². The van der Waals surface area contributed by atoms with Gasteiger partial charge in [-0.25, -0.2) is 23.4 Å². The molecule has 12 heteroatoms. The predicted molar refractivity (Wildman–Crippen MR) is 116 cm³/mol. The zero-order valence-corrected chi connectivity index (χ0v) is 17.8. The minimum Gasteiger partial charge on any atom is -0.382 e. The number of nitrogens with zero attached hydrogens (tertiary/aromatic N) is 7. The summed E-state index contributed by atoms with van der Waals surface area (Å²) >= 11 is 0. The van der Waals surface area contributed by atoms with Crippen LogP contribution in [-0.2, 0) is 10.0 Å². The van der Waals surface area contributed by atoms with E-state index in [4.69, 9.17) is 5.73 Å². The number of anilines is 3. The molecule has 11 nitrogen and oxygen atoms in total. The molecule has 0 amide bonds. The smallest absolute Gasteiger partial charge is 0.256 e. The summed E-state index contributed by atoms with van der Waals surface area (Å²) in [6, 6.07) is 3.71. The SMILES string of the molecule is CC(C)n1nc(N)c2cnc(Nc3ccnc(-c4cnn(S(=O)(=O)C5CC5)c4)n3)cc21. The Bertz CT molecular complexity index is 1390. The predicted octanol–water partition coefficient (Wildman–Crippen LogP) is 2.33. The summed E-state index contributed by atoms with van der Waals surface area (Å²) in [5.74, 6) is 1.88. The summed E-state index contributed by atoms with van der Waals surface area (Å²) < 4.78 is 27.6. The van der Waals surface area contributed by atoms with Crippen LogP contribution < -0.4 is 11.1 Å². The average Bonchev–Trinajstić information content (AvgIpc) is 3.39. The van der Waals surface area contributed by atoms with Crippen LogP contribution in [0.15, 0.2) is 36.9 Å². The third kappa shape index (κ3) is 3.48. The van der Waals surface area contributed by atoms with E-state index in [2.05, 4.69) is 30.5 Å². The van der Waals surface area contributed by atoms with Crippen molar-refractivity contribution in [3.63, 3.8) is 0 Å². The normalized spacial score (nSPS) is 14.4. The number of nitrogen functional groups attached to an aromatic ring is 1. The maximum Gasteiger partial charge on any atom is 0.256 e. The van der Waals surface area contributed by atoms with E-state index in [1.807, 2.05) is 24.6 Å². The third-order valence-corrected chi connectivity index (χ3v) is 7.08. The Morgan fingerprint density at radius 1 is 1.19 bits per heavy atom. The molecular weight excluding hydrogens is 418 g/mol. The van der Waals surface area contributed by atoms with E-state index in [0.717, 1.165) is 15.0 Å². The van der Waals surface area contributed by atoms with E-state index in [-0.39, 0.29) is 11.3 Å². The summed E-state index contributed by atoms with van der Waals surface area (Å²) in [6.07, 6.45) is 7.51. The van der Waals surface area contributed by atoms with Gasteiger partial charge in [-0.1, -0.05) is 0 Å². The molecule has 160 valence electrons. The third-order valence-electron chi connectivity index (χ3n) is 5.05. The zero-order chi connectivity index (χ0) is 21.8. The lowest BCUT2D eigenvalue weighted by atomic mass is 10.3. The Balaban J connectivity index is 1.44. The van der Waals surface area contributed by atoms with E-state index in [1.165, 1.54) is 12.4 Å². The van der Waals surface area contributed by atoms with Crippen LogP contribution in [-0.4, -0.2) is 47.6 Å². The Kier molecular flexibility index (Phi) is 4.39. The molecule has 4 aromatic heterocycles. The second-order valence-corrected chi connectivity index (χ2v) is 9.82. The number of hydrogen-bond donors (Lipinski definition) is 2. The van der Waals surface area contributed by atoms with Gasteiger partial charge in [-0.3, -0.25) is 4.68 Å². The van der Waals surface area contributed by atoms with Crippen molar-refractivity contribution in [2.75, 3.05) is 11.1 Å². The van der Waals surface area contributed by atoms with Gasteiger partial charge in [0, 0.05) is 24.5 Å². The molecule has 1 aliphatic rings.